The van der Waals surface area contributed by atoms with Crippen LogP contribution in [0.25, 0.3) is 0 Å². The average molecular weight is 473 g/mol. The number of carbonyl (C=O) groups is 2. The number of rotatable bonds is 8. The molecule has 2 N–H and O–H groups in total. The maximum atomic E-state index is 12.8. The number of hydrogen-bond donors (Lipinski definition) is 2. The summed E-state index contributed by atoms with van der Waals surface area (Å²) in [5.41, 5.74) is 2.90. The Balaban J connectivity index is 1.55. The van der Waals surface area contributed by atoms with E-state index in [9.17, 15) is 18.0 Å². The van der Waals surface area contributed by atoms with Gasteiger partial charge in [0.2, 0.25) is 21.8 Å². The zero-order valence-electron chi connectivity index (χ0n) is 19.6. The Bertz CT molecular complexity index is 1110. The molecule has 0 bridgehead atoms. The molecule has 178 valence electrons. The molecule has 8 nitrogen and oxygen atoms in total. The van der Waals surface area contributed by atoms with Crippen LogP contribution < -0.4 is 10.6 Å². The zero-order valence-corrected chi connectivity index (χ0v) is 20.4. The number of fused-ring (bicyclic) bond motifs is 1. The molecular formula is C24H32N4O4S. The summed E-state index contributed by atoms with van der Waals surface area (Å²) in [6.07, 6.45) is 0.968. The number of nitrogens with one attached hydrogen (secondary N) is 2. The van der Waals surface area contributed by atoms with Crippen LogP contribution in [-0.2, 0) is 32.6 Å². The minimum absolute atomic E-state index is 0.0548. The van der Waals surface area contributed by atoms with Crippen molar-refractivity contribution >= 4 is 27.5 Å². The second-order valence-electron chi connectivity index (χ2n) is 9.00. The summed E-state index contributed by atoms with van der Waals surface area (Å²) in [7, 11) is -2.46. The fourth-order valence-electron chi connectivity index (χ4n) is 3.88. The summed E-state index contributed by atoms with van der Waals surface area (Å²) >= 11 is 0. The number of amides is 2. The van der Waals surface area contributed by atoms with Gasteiger partial charge in [0.15, 0.2) is 0 Å². The van der Waals surface area contributed by atoms with Crippen molar-refractivity contribution in [3.05, 3.63) is 59.7 Å². The predicted molar refractivity (Wildman–Crippen MR) is 128 cm³/mol. The number of hydrogen-bond acceptors (Lipinski definition) is 5. The van der Waals surface area contributed by atoms with E-state index in [1.165, 1.54) is 49.4 Å². The van der Waals surface area contributed by atoms with Crippen molar-refractivity contribution in [3.8, 4) is 0 Å². The summed E-state index contributed by atoms with van der Waals surface area (Å²) < 4.78 is 26.7. The summed E-state index contributed by atoms with van der Waals surface area (Å²) in [5, 5.41) is 5.49. The molecule has 2 aromatic rings. The van der Waals surface area contributed by atoms with Crippen molar-refractivity contribution < 1.29 is 18.0 Å². The van der Waals surface area contributed by atoms with Gasteiger partial charge in [-0.3, -0.25) is 14.5 Å². The van der Waals surface area contributed by atoms with E-state index in [4.69, 9.17) is 0 Å². The number of anilines is 1. The van der Waals surface area contributed by atoms with E-state index in [0.717, 1.165) is 23.8 Å². The lowest BCUT2D eigenvalue weighted by Gasteiger charge is -2.41. The van der Waals surface area contributed by atoms with E-state index in [2.05, 4.69) is 47.6 Å². The van der Waals surface area contributed by atoms with Crippen LogP contribution in [-0.4, -0.2) is 61.7 Å². The standard InChI is InChI=1S/C24H32N4O4S/c1-18(29)26-21-9-11-22(12-10-21)33(31,32)27(4)16-23(30)25-17-24(2,3)28-14-13-19-7-5-6-8-20(19)15-28/h5-12H,13-17H2,1-4H3,(H,25,30)(H,26,29). The van der Waals surface area contributed by atoms with Gasteiger partial charge < -0.3 is 10.6 Å². The largest absolute Gasteiger partial charge is 0.353 e. The number of likely N-dealkylation sites (N-methyl/N-ethyl adjacent to an activating group) is 1. The van der Waals surface area contributed by atoms with Gasteiger partial charge in [0.05, 0.1) is 11.4 Å². The molecule has 0 atom stereocenters. The molecule has 0 fully saturated rings. The molecule has 3 rings (SSSR count). The maximum Gasteiger partial charge on any atom is 0.243 e. The third kappa shape index (κ3) is 6.19. The van der Waals surface area contributed by atoms with Gasteiger partial charge in [0, 0.05) is 44.8 Å². The molecule has 1 aliphatic heterocycles. The molecule has 2 amide bonds. The SMILES string of the molecule is CC(=O)Nc1ccc(S(=O)(=O)N(C)CC(=O)NCC(C)(C)N2CCc3ccccc3C2)cc1. The molecule has 9 heteroatoms. The number of carbonyl (C=O) groups excluding carboxylic acids is 2. The number of benzene rings is 2. The van der Waals surface area contributed by atoms with Crippen LogP contribution in [0.3, 0.4) is 0 Å². The number of sulfonamides is 1. The Morgan fingerprint density at radius 2 is 1.70 bits per heavy atom. The highest BCUT2D eigenvalue weighted by molar-refractivity contribution is 7.89. The maximum absolute atomic E-state index is 12.8. The van der Waals surface area contributed by atoms with E-state index in [1.807, 2.05) is 6.07 Å². The first kappa shape index (κ1) is 24.9. The molecule has 0 aliphatic carbocycles. The van der Waals surface area contributed by atoms with Gasteiger partial charge in [-0.1, -0.05) is 24.3 Å². The fraction of sp³-hybridized carbons (Fsp3) is 0.417. The van der Waals surface area contributed by atoms with Crippen LogP contribution in [0.1, 0.15) is 31.9 Å². The molecule has 0 unspecified atom stereocenters. The molecule has 0 aromatic heterocycles. The quantitative estimate of drug-likeness (QED) is 0.614. The smallest absolute Gasteiger partial charge is 0.243 e. The van der Waals surface area contributed by atoms with E-state index in [0.29, 0.717) is 12.2 Å². The van der Waals surface area contributed by atoms with Crippen molar-refractivity contribution in [1.29, 1.82) is 0 Å². The third-order valence-corrected chi connectivity index (χ3v) is 7.77. The van der Waals surface area contributed by atoms with Crippen LogP contribution >= 0.6 is 0 Å². The van der Waals surface area contributed by atoms with E-state index < -0.39 is 10.0 Å². The lowest BCUT2D eigenvalue weighted by atomic mass is 9.94. The molecule has 1 aliphatic rings. The van der Waals surface area contributed by atoms with E-state index >= 15 is 0 Å². The van der Waals surface area contributed by atoms with Crippen molar-refractivity contribution in [2.75, 3.05) is 32.0 Å². The predicted octanol–water partition coefficient (Wildman–Crippen LogP) is 2.22. The molecule has 33 heavy (non-hydrogen) atoms. The minimum atomic E-state index is -3.84. The van der Waals surface area contributed by atoms with E-state index in [-0.39, 0.29) is 28.8 Å². The molecule has 0 saturated carbocycles. The third-order valence-electron chi connectivity index (χ3n) is 5.95. The molecule has 2 aromatic carbocycles. The molecule has 1 heterocycles. The Hall–Kier alpha value is -2.75. The topological polar surface area (TPSA) is 98.8 Å². The Morgan fingerprint density at radius 1 is 1.06 bits per heavy atom. The highest BCUT2D eigenvalue weighted by Crippen LogP contribution is 2.25. The first-order chi connectivity index (χ1) is 15.5. The second kappa shape index (κ2) is 10.0. The highest BCUT2D eigenvalue weighted by Gasteiger charge is 2.30. The normalized spacial score (nSPS) is 14.6. The van der Waals surface area contributed by atoms with Crippen molar-refractivity contribution in [2.24, 2.45) is 0 Å². The summed E-state index contributed by atoms with van der Waals surface area (Å²) in [6.45, 7) is 7.39. The van der Waals surface area contributed by atoms with E-state index in [1.54, 1.807) is 0 Å². The van der Waals surface area contributed by atoms with Gasteiger partial charge in [-0.2, -0.15) is 4.31 Å². The monoisotopic (exact) mass is 472 g/mol. The van der Waals surface area contributed by atoms with Crippen molar-refractivity contribution in [1.82, 2.24) is 14.5 Å². The number of nitrogens with zero attached hydrogens (tertiary/aromatic N) is 2. The Labute approximate surface area is 196 Å². The summed E-state index contributed by atoms with van der Waals surface area (Å²) in [5.74, 6) is -0.600. The Kier molecular flexibility index (Phi) is 7.56. The molecular weight excluding hydrogens is 440 g/mol. The molecule has 0 saturated heterocycles. The van der Waals surface area contributed by atoms with Crippen LogP contribution in [0.2, 0.25) is 0 Å². The van der Waals surface area contributed by atoms with Crippen LogP contribution in [0.15, 0.2) is 53.4 Å². The average Bonchev–Trinajstić information content (AvgIpc) is 2.77. The van der Waals surface area contributed by atoms with Gasteiger partial charge in [0.25, 0.3) is 0 Å². The highest BCUT2D eigenvalue weighted by atomic mass is 32.2. The van der Waals surface area contributed by atoms with Gasteiger partial charge >= 0.3 is 0 Å². The lowest BCUT2D eigenvalue weighted by Crippen LogP contribution is -2.54. The summed E-state index contributed by atoms with van der Waals surface area (Å²) in [6, 6.07) is 14.2. The fourth-order valence-corrected chi connectivity index (χ4v) is 5.00. The molecule has 0 radical (unpaired) electrons. The zero-order chi connectivity index (χ0) is 24.2. The Morgan fingerprint density at radius 3 is 2.33 bits per heavy atom. The minimum Gasteiger partial charge on any atom is -0.353 e. The van der Waals surface area contributed by atoms with Gasteiger partial charge in [0.1, 0.15) is 0 Å². The van der Waals surface area contributed by atoms with Crippen LogP contribution in [0, 0.1) is 0 Å². The van der Waals surface area contributed by atoms with Crippen molar-refractivity contribution in [2.45, 2.75) is 44.2 Å². The lowest BCUT2D eigenvalue weighted by molar-refractivity contribution is -0.121. The first-order valence-electron chi connectivity index (χ1n) is 10.9. The first-order valence-corrected chi connectivity index (χ1v) is 12.4. The van der Waals surface area contributed by atoms with Gasteiger partial charge in [-0.25, -0.2) is 8.42 Å². The van der Waals surface area contributed by atoms with Crippen LogP contribution in [0.4, 0.5) is 5.69 Å². The second-order valence-corrected chi connectivity index (χ2v) is 11.0. The molecule has 0 spiro atoms. The van der Waals surface area contributed by atoms with Crippen LogP contribution in [0.5, 0.6) is 0 Å². The summed E-state index contributed by atoms with van der Waals surface area (Å²) in [4.78, 5) is 26.1. The van der Waals surface area contributed by atoms with Gasteiger partial charge in [-0.15, -0.1) is 0 Å². The van der Waals surface area contributed by atoms with Gasteiger partial charge in [-0.05, 0) is 55.7 Å². The van der Waals surface area contributed by atoms with Crippen molar-refractivity contribution in [3.63, 3.8) is 0 Å².